The summed E-state index contributed by atoms with van der Waals surface area (Å²) in [6.45, 7) is 6.86. The predicted octanol–water partition coefficient (Wildman–Crippen LogP) is 0.633. The minimum Gasteiger partial charge on any atom is -0.352 e. The predicted molar refractivity (Wildman–Crippen MR) is 66.4 cm³/mol. The van der Waals surface area contributed by atoms with E-state index in [-0.39, 0.29) is 11.9 Å². The first kappa shape index (κ1) is 13.5. The minimum atomic E-state index is -0.0534. The fraction of sp³-hybridized carbons (Fsp3) is 0.917. The van der Waals surface area contributed by atoms with Crippen LogP contribution in [-0.4, -0.2) is 37.6 Å². The number of hydrogen-bond acceptors (Lipinski definition) is 3. The van der Waals surface area contributed by atoms with Gasteiger partial charge < -0.3 is 16.0 Å². The van der Waals surface area contributed by atoms with Gasteiger partial charge in [0, 0.05) is 25.7 Å². The Hall–Kier alpha value is -0.610. The molecule has 0 aliphatic carbocycles. The van der Waals surface area contributed by atoms with Crippen LogP contribution in [0.3, 0.4) is 0 Å². The Kier molecular flexibility index (Phi) is 6.42. The molecule has 1 aliphatic rings. The van der Waals surface area contributed by atoms with Crippen LogP contribution in [0.2, 0.25) is 0 Å². The van der Waals surface area contributed by atoms with E-state index in [2.05, 4.69) is 29.8 Å². The SMILES string of the molecule is CCCCCC(C)NC(=O)C1CNCCN1. The van der Waals surface area contributed by atoms with Crippen molar-refractivity contribution in [1.29, 1.82) is 0 Å². The van der Waals surface area contributed by atoms with Gasteiger partial charge in [-0.1, -0.05) is 26.2 Å². The molecule has 1 saturated heterocycles. The van der Waals surface area contributed by atoms with Gasteiger partial charge in [0.25, 0.3) is 0 Å². The summed E-state index contributed by atoms with van der Waals surface area (Å²) in [5.41, 5.74) is 0. The van der Waals surface area contributed by atoms with E-state index in [0.717, 1.165) is 26.1 Å². The number of nitrogens with one attached hydrogen (secondary N) is 3. The summed E-state index contributed by atoms with van der Waals surface area (Å²) in [5.74, 6) is 0.135. The van der Waals surface area contributed by atoms with E-state index >= 15 is 0 Å². The monoisotopic (exact) mass is 227 g/mol. The van der Waals surface area contributed by atoms with Crippen LogP contribution in [0.5, 0.6) is 0 Å². The lowest BCUT2D eigenvalue weighted by Crippen LogP contribution is -2.56. The number of piperazine rings is 1. The third-order valence-corrected chi connectivity index (χ3v) is 2.99. The molecule has 0 saturated carbocycles. The minimum absolute atomic E-state index is 0.0534. The van der Waals surface area contributed by atoms with Gasteiger partial charge in [0.1, 0.15) is 0 Å². The van der Waals surface area contributed by atoms with Gasteiger partial charge in [-0.15, -0.1) is 0 Å². The molecule has 4 nitrogen and oxygen atoms in total. The molecule has 0 aromatic carbocycles. The van der Waals surface area contributed by atoms with Gasteiger partial charge in [-0.05, 0) is 13.3 Å². The molecule has 0 aromatic heterocycles. The lowest BCUT2D eigenvalue weighted by atomic mass is 10.1. The van der Waals surface area contributed by atoms with Crippen molar-refractivity contribution in [2.24, 2.45) is 0 Å². The quantitative estimate of drug-likeness (QED) is 0.584. The second-order valence-corrected chi connectivity index (χ2v) is 4.62. The van der Waals surface area contributed by atoms with Crippen LogP contribution in [0.25, 0.3) is 0 Å². The largest absolute Gasteiger partial charge is 0.352 e. The van der Waals surface area contributed by atoms with Crippen molar-refractivity contribution in [3.05, 3.63) is 0 Å². The summed E-state index contributed by atoms with van der Waals surface area (Å²) < 4.78 is 0. The highest BCUT2D eigenvalue weighted by molar-refractivity contribution is 5.82. The van der Waals surface area contributed by atoms with Crippen molar-refractivity contribution in [2.75, 3.05) is 19.6 Å². The molecule has 3 N–H and O–H groups in total. The van der Waals surface area contributed by atoms with Crippen molar-refractivity contribution >= 4 is 5.91 Å². The standard InChI is InChI=1S/C12H25N3O/c1-3-4-5-6-10(2)15-12(16)11-9-13-7-8-14-11/h10-11,13-14H,3-9H2,1-2H3,(H,15,16). The summed E-state index contributed by atoms with van der Waals surface area (Å²) in [6.07, 6.45) is 4.77. The smallest absolute Gasteiger partial charge is 0.238 e. The van der Waals surface area contributed by atoms with E-state index in [1.807, 2.05) is 0 Å². The molecular weight excluding hydrogens is 202 g/mol. The zero-order valence-electron chi connectivity index (χ0n) is 10.5. The van der Waals surface area contributed by atoms with Crippen LogP contribution >= 0.6 is 0 Å². The van der Waals surface area contributed by atoms with Crippen molar-refractivity contribution in [3.63, 3.8) is 0 Å². The molecule has 1 amide bonds. The van der Waals surface area contributed by atoms with Gasteiger partial charge in [0.05, 0.1) is 6.04 Å². The third-order valence-electron chi connectivity index (χ3n) is 2.99. The van der Waals surface area contributed by atoms with Crippen molar-refractivity contribution in [1.82, 2.24) is 16.0 Å². The van der Waals surface area contributed by atoms with E-state index in [4.69, 9.17) is 0 Å². The maximum Gasteiger partial charge on any atom is 0.238 e. The van der Waals surface area contributed by atoms with E-state index in [1.54, 1.807) is 0 Å². The molecule has 1 rings (SSSR count). The summed E-state index contributed by atoms with van der Waals surface area (Å²) in [4.78, 5) is 11.8. The topological polar surface area (TPSA) is 53.2 Å². The fourth-order valence-electron chi connectivity index (χ4n) is 1.95. The molecule has 16 heavy (non-hydrogen) atoms. The number of carbonyl (C=O) groups is 1. The first-order valence-electron chi connectivity index (χ1n) is 6.48. The van der Waals surface area contributed by atoms with E-state index < -0.39 is 0 Å². The lowest BCUT2D eigenvalue weighted by molar-refractivity contribution is -0.124. The molecule has 1 aliphatic heterocycles. The second kappa shape index (κ2) is 7.63. The van der Waals surface area contributed by atoms with E-state index in [1.165, 1.54) is 19.3 Å². The Balaban J connectivity index is 2.16. The van der Waals surface area contributed by atoms with Crippen LogP contribution in [0.1, 0.15) is 39.5 Å². The number of hydrogen-bond donors (Lipinski definition) is 3. The number of rotatable bonds is 6. The van der Waals surface area contributed by atoms with Crippen LogP contribution in [-0.2, 0) is 4.79 Å². The average molecular weight is 227 g/mol. The summed E-state index contributed by atoms with van der Waals surface area (Å²) >= 11 is 0. The van der Waals surface area contributed by atoms with Gasteiger partial charge in [-0.2, -0.15) is 0 Å². The highest BCUT2D eigenvalue weighted by Gasteiger charge is 2.20. The molecule has 0 bridgehead atoms. The average Bonchev–Trinajstić information content (AvgIpc) is 2.30. The van der Waals surface area contributed by atoms with E-state index in [0.29, 0.717) is 6.04 Å². The van der Waals surface area contributed by atoms with Gasteiger partial charge in [0.2, 0.25) is 5.91 Å². The Labute approximate surface area is 98.6 Å². The van der Waals surface area contributed by atoms with Crippen molar-refractivity contribution in [2.45, 2.75) is 51.6 Å². The lowest BCUT2D eigenvalue weighted by Gasteiger charge is -2.25. The summed E-state index contributed by atoms with van der Waals surface area (Å²) in [5, 5.41) is 9.50. The van der Waals surface area contributed by atoms with Crippen LogP contribution in [0, 0.1) is 0 Å². The molecule has 0 spiro atoms. The molecular formula is C12H25N3O. The fourth-order valence-corrected chi connectivity index (χ4v) is 1.95. The highest BCUT2D eigenvalue weighted by atomic mass is 16.2. The van der Waals surface area contributed by atoms with Crippen LogP contribution in [0.15, 0.2) is 0 Å². The maximum atomic E-state index is 11.8. The van der Waals surface area contributed by atoms with Gasteiger partial charge >= 0.3 is 0 Å². The molecule has 1 fully saturated rings. The Bertz CT molecular complexity index is 202. The zero-order valence-corrected chi connectivity index (χ0v) is 10.5. The van der Waals surface area contributed by atoms with Gasteiger partial charge in [-0.3, -0.25) is 4.79 Å². The molecule has 0 aromatic rings. The van der Waals surface area contributed by atoms with Crippen LogP contribution in [0.4, 0.5) is 0 Å². The molecule has 1 heterocycles. The summed E-state index contributed by atoms with van der Waals surface area (Å²) in [6, 6.07) is 0.241. The highest BCUT2D eigenvalue weighted by Crippen LogP contribution is 2.03. The Morgan fingerprint density at radius 1 is 1.44 bits per heavy atom. The van der Waals surface area contributed by atoms with Gasteiger partial charge in [0.15, 0.2) is 0 Å². The Morgan fingerprint density at radius 2 is 2.25 bits per heavy atom. The number of amides is 1. The molecule has 4 heteroatoms. The van der Waals surface area contributed by atoms with Crippen molar-refractivity contribution < 1.29 is 4.79 Å². The molecule has 2 atom stereocenters. The third kappa shape index (κ3) is 4.94. The summed E-state index contributed by atoms with van der Waals surface area (Å²) in [7, 11) is 0. The molecule has 2 unspecified atom stereocenters. The normalized spacial score (nSPS) is 22.8. The zero-order chi connectivity index (χ0) is 11.8. The van der Waals surface area contributed by atoms with Gasteiger partial charge in [-0.25, -0.2) is 0 Å². The molecule has 0 radical (unpaired) electrons. The van der Waals surface area contributed by atoms with Crippen molar-refractivity contribution in [3.8, 4) is 0 Å². The maximum absolute atomic E-state index is 11.8. The van der Waals surface area contributed by atoms with E-state index in [9.17, 15) is 4.79 Å². The first-order valence-corrected chi connectivity index (χ1v) is 6.48. The first-order chi connectivity index (χ1) is 7.74. The number of unbranched alkanes of at least 4 members (excludes halogenated alkanes) is 2. The van der Waals surface area contributed by atoms with Crippen LogP contribution < -0.4 is 16.0 Å². The Morgan fingerprint density at radius 3 is 2.88 bits per heavy atom. The number of carbonyl (C=O) groups excluding carboxylic acids is 1. The molecule has 94 valence electrons. The second-order valence-electron chi connectivity index (χ2n) is 4.62.